The van der Waals surface area contributed by atoms with E-state index in [2.05, 4.69) is 0 Å². The molecule has 0 fully saturated rings. The Morgan fingerprint density at radius 1 is 1.62 bits per heavy atom. The highest BCUT2D eigenvalue weighted by Gasteiger charge is 2.12. The van der Waals surface area contributed by atoms with Crippen LogP contribution in [-0.4, -0.2) is 12.2 Å². The molecule has 0 radical (unpaired) electrons. The van der Waals surface area contributed by atoms with Crippen LogP contribution in [-0.2, 0) is 0 Å². The quantitative estimate of drug-likeness (QED) is 0.701. The molecule has 1 rings (SSSR count). The first kappa shape index (κ1) is 9.49. The average molecular weight is 181 g/mol. The van der Waals surface area contributed by atoms with Gasteiger partial charge in [0.15, 0.2) is 6.10 Å². The van der Waals surface area contributed by atoms with E-state index in [1.54, 1.807) is 0 Å². The van der Waals surface area contributed by atoms with Crippen LogP contribution in [0.3, 0.4) is 0 Å². The SMILES string of the molecule is COc1ccc(F)c([C@@H](O)C#N)c1. The normalized spacial score (nSPS) is 11.8. The zero-order valence-corrected chi connectivity index (χ0v) is 6.99. The third-order valence-electron chi connectivity index (χ3n) is 1.62. The van der Waals surface area contributed by atoms with Crippen LogP contribution in [0.25, 0.3) is 0 Å². The first-order valence-corrected chi connectivity index (χ1v) is 3.60. The average Bonchev–Trinajstić information content (AvgIpc) is 2.17. The first-order valence-electron chi connectivity index (χ1n) is 3.60. The number of hydrogen-bond acceptors (Lipinski definition) is 3. The lowest BCUT2D eigenvalue weighted by molar-refractivity contribution is 0.229. The van der Waals surface area contributed by atoms with E-state index in [4.69, 9.17) is 15.1 Å². The van der Waals surface area contributed by atoms with E-state index in [9.17, 15) is 4.39 Å². The monoisotopic (exact) mass is 181 g/mol. The van der Waals surface area contributed by atoms with Crippen molar-refractivity contribution in [2.75, 3.05) is 7.11 Å². The highest BCUT2D eigenvalue weighted by Crippen LogP contribution is 2.21. The molecule has 1 aromatic rings. The van der Waals surface area contributed by atoms with E-state index in [0.717, 1.165) is 6.07 Å². The predicted octanol–water partition coefficient (Wildman–Crippen LogP) is 1.39. The van der Waals surface area contributed by atoms with Crippen molar-refractivity contribution in [3.8, 4) is 11.8 Å². The van der Waals surface area contributed by atoms with Crippen molar-refractivity contribution in [3.05, 3.63) is 29.6 Å². The van der Waals surface area contributed by atoms with Gasteiger partial charge in [-0.25, -0.2) is 4.39 Å². The van der Waals surface area contributed by atoms with Crippen molar-refractivity contribution in [2.24, 2.45) is 0 Å². The van der Waals surface area contributed by atoms with Crippen molar-refractivity contribution in [1.82, 2.24) is 0 Å². The number of nitriles is 1. The molecule has 0 saturated carbocycles. The summed E-state index contributed by atoms with van der Waals surface area (Å²) in [4.78, 5) is 0. The second kappa shape index (κ2) is 3.87. The third kappa shape index (κ3) is 1.95. The molecule has 0 amide bonds. The molecule has 0 aliphatic heterocycles. The van der Waals surface area contributed by atoms with Crippen molar-refractivity contribution < 1.29 is 14.2 Å². The Labute approximate surface area is 75.0 Å². The van der Waals surface area contributed by atoms with Gasteiger partial charge in [0.2, 0.25) is 0 Å². The summed E-state index contributed by atoms with van der Waals surface area (Å²) < 4.78 is 17.8. The van der Waals surface area contributed by atoms with Gasteiger partial charge in [-0.05, 0) is 18.2 Å². The summed E-state index contributed by atoms with van der Waals surface area (Å²) in [6, 6.07) is 5.40. The maximum Gasteiger partial charge on any atom is 0.168 e. The Morgan fingerprint density at radius 3 is 2.85 bits per heavy atom. The van der Waals surface area contributed by atoms with Crippen LogP contribution < -0.4 is 4.74 Å². The number of hydrogen-bond donors (Lipinski definition) is 1. The van der Waals surface area contributed by atoms with Gasteiger partial charge in [-0.2, -0.15) is 5.26 Å². The standard InChI is InChI=1S/C9H8FNO2/c1-13-6-2-3-8(10)7(4-6)9(12)5-11/h2-4,9,12H,1H3/t9-/m0/s1. The molecular weight excluding hydrogens is 173 g/mol. The van der Waals surface area contributed by atoms with E-state index in [-0.39, 0.29) is 5.56 Å². The van der Waals surface area contributed by atoms with Crippen molar-refractivity contribution in [1.29, 1.82) is 5.26 Å². The van der Waals surface area contributed by atoms with Crippen LogP contribution in [0.1, 0.15) is 11.7 Å². The topological polar surface area (TPSA) is 53.2 Å². The molecule has 0 aliphatic carbocycles. The Balaban J connectivity index is 3.12. The van der Waals surface area contributed by atoms with Gasteiger partial charge in [0.05, 0.1) is 13.2 Å². The minimum Gasteiger partial charge on any atom is -0.497 e. The second-order valence-electron chi connectivity index (χ2n) is 2.42. The molecule has 0 bridgehead atoms. The van der Waals surface area contributed by atoms with Gasteiger partial charge in [0, 0.05) is 5.56 Å². The summed E-state index contributed by atoms with van der Waals surface area (Å²) in [5.74, 6) is -0.208. The Morgan fingerprint density at radius 2 is 2.31 bits per heavy atom. The molecule has 68 valence electrons. The number of rotatable bonds is 2. The van der Waals surface area contributed by atoms with Crippen LogP contribution in [0.15, 0.2) is 18.2 Å². The number of aliphatic hydroxyl groups is 1. The molecular formula is C9H8FNO2. The fraction of sp³-hybridized carbons (Fsp3) is 0.222. The summed E-state index contributed by atoms with van der Waals surface area (Å²) in [5, 5.41) is 17.4. The molecule has 0 spiro atoms. The Kier molecular flexibility index (Phi) is 2.83. The summed E-state index contributed by atoms with van der Waals surface area (Å²) >= 11 is 0. The van der Waals surface area contributed by atoms with Gasteiger partial charge in [-0.3, -0.25) is 0 Å². The van der Waals surface area contributed by atoms with Gasteiger partial charge in [0.25, 0.3) is 0 Å². The van der Waals surface area contributed by atoms with Crippen molar-refractivity contribution in [3.63, 3.8) is 0 Å². The minimum atomic E-state index is -1.45. The second-order valence-corrected chi connectivity index (χ2v) is 2.42. The number of methoxy groups -OCH3 is 1. The number of nitrogens with zero attached hydrogens (tertiary/aromatic N) is 1. The summed E-state index contributed by atoms with van der Waals surface area (Å²) in [5.41, 5.74) is -0.0677. The number of ether oxygens (including phenoxy) is 1. The molecule has 3 nitrogen and oxygen atoms in total. The lowest BCUT2D eigenvalue weighted by atomic mass is 10.1. The lowest BCUT2D eigenvalue weighted by Crippen LogP contribution is -1.98. The minimum absolute atomic E-state index is 0.0677. The van der Waals surface area contributed by atoms with Gasteiger partial charge >= 0.3 is 0 Å². The highest BCUT2D eigenvalue weighted by atomic mass is 19.1. The van der Waals surface area contributed by atoms with E-state index < -0.39 is 11.9 Å². The van der Waals surface area contributed by atoms with E-state index in [1.165, 1.54) is 25.3 Å². The largest absolute Gasteiger partial charge is 0.497 e. The maximum atomic E-state index is 13.0. The molecule has 0 aliphatic rings. The Hall–Kier alpha value is -1.60. The molecule has 0 aromatic heterocycles. The maximum absolute atomic E-state index is 13.0. The van der Waals surface area contributed by atoms with E-state index in [0.29, 0.717) is 5.75 Å². The van der Waals surface area contributed by atoms with Crippen LogP contribution in [0, 0.1) is 17.1 Å². The molecule has 1 atom stereocenters. The zero-order valence-electron chi connectivity index (χ0n) is 6.99. The third-order valence-corrected chi connectivity index (χ3v) is 1.62. The predicted molar refractivity (Wildman–Crippen MR) is 43.5 cm³/mol. The molecule has 1 aromatic carbocycles. The number of aliphatic hydroxyl groups excluding tert-OH is 1. The van der Waals surface area contributed by atoms with E-state index >= 15 is 0 Å². The van der Waals surface area contributed by atoms with Gasteiger partial charge in [-0.15, -0.1) is 0 Å². The molecule has 4 heteroatoms. The van der Waals surface area contributed by atoms with Crippen LogP contribution >= 0.6 is 0 Å². The van der Waals surface area contributed by atoms with E-state index in [1.807, 2.05) is 0 Å². The van der Waals surface area contributed by atoms with Gasteiger partial charge in [-0.1, -0.05) is 0 Å². The zero-order chi connectivity index (χ0) is 9.84. The number of benzene rings is 1. The molecule has 13 heavy (non-hydrogen) atoms. The van der Waals surface area contributed by atoms with Gasteiger partial charge in [0.1, 0.15) is 11.6 Å². The fourth-order valence-electron chi connectivity index (χ4n) is 0.928. The van der Waals surface area contributed by atoms with Crippen LogP contribution in [0.2, 0.25) is 0 Å². The van der Waals surface area contributed by atoms with Crippen LogP contribution in [0.4, 0.5) is 4.39 Å². The van der Waals surface area contributed by atoms with Crippen molar-refractivity contribution >= 4 is 0 Å². The van der Waals surface area contributed by atoms with Crippen LogP contribution in [0.5, 0.6) is 5.75 Å². The number of halogens is 1. The summed E-state index contributed by atoms with van der Waals surface area (Å²) in [7, 11) is 1.43. The first-order chi connectivity index (χ1) is 6.19. The lowest BCUT2D eigenvalue weighted by Gasteiger charge is -2.06. The highest BCUT2D eigenvalue weighted by molar-refractivity contribution is 5.33. The van der Waals surface area contributed by atoms with Gasteiger partial charge < -0.3 is 9.84 Å². The molecule has 0 saturated heterocycles. The molecule has 0 heterocycles. The molecule has 1 N–H and O–H groups in total. The molecule has 0 unspecified atom stereocenters. The van der Waals surface area contributed by atoms with Crippen molar-refractivity contribution in [2.45, 2.75) is 6.10 Å². The fourth-order valence-corrected chi connectivity index (χ4v) is 0.928. The smallest absolute Gasteiger partial charge is 0.168 e. The Bertz CT molecular complexity index is 346. The summed E-state index contributed by atoms with van der Waals surface area (Å²) in [6.07, 6.45) is -1.45. The summed E-state index contributed by atoms with van der Waals surface area (Å²) in [6.45, 7) is 0.